The van der Waals surface area contributed by atoms with Crippen molar-refractivity contribution in [1.82, 2.24) is 0 Å². The van der Waals surface area contributed by atoms with E-state index >= 15 is 0 Å². The molecule has 42 valence electrons. The molecular weight excluding hydrogens is 140 g/mol. The van der Waals surface area contributed by atoms with E-state index < -0.39 is 8.31 Å². The van der Waals surface area contributed by atoms with Gasteiger partial charge in [0.15, 0.2) is 0 Å². The van der Waals surface area contributed by atoms with E-state index in [2.05, 4.69) is 6.58 Å². The van der Waals surface area contributed by atoms with Gasteiger partial charge in [-0.25, -0.2) is 0 Å². The highest BCUT2D eigenvalue weighted by Crippen LogP contribution is 1.89. The first-order chi connectivity index (χ1) is 3.31. The lowest BCUT2D eigenvalue weighted by Gasteiger charge is -1.95. The fraction of sp³-hybridized carbons (Fsp3) is 0.500. The van der Waals surface area contributed by atoms with Gasteiger partial charge >= 0.3 is 0 Å². The van der Waals surface area contributed by atoms with E-state index in [1.165, 1.54) is 15.8 Å². The summed E-state index contributed by atoms with van der Waals surface area (Å²) in [6, 6.07) is 1.23. The number of rotatable bonds is 3. The number of hydrogen-bond acceptors (Lipinski definition) is 0. The van der Waals surface area contributed by atoms with Gasteiger partial charge in [-0.3, -0.25) is 0 Å². The lowest BCUT2D eigenvalue weighted by Crippen LogP contribution is -2.13. The van der Waals surface area contributed by atoms with Crippen LogP contribution in [0, 0.1) is 0 Å². The molecule has 0 aliphatic carbocycles. The monoisotopic (exact) mass is 150 g/mol. The van der Waals surface area contributed by atoms with Crippen molar-refractivity contribution in [1.29, 1.82) is 0 Å². The fourth-order valence-electron chi connectivity index (χ4n) is 0.348. The van der Waals surface area contributed by atoms with Crippen molar-refractivity contribution < 1.29 is 0 Å². The van der Waals surface area contributed by atoms with Gasteiger partial charge in [0.05, 0.1) is 0 Å². The van der Waals surface area contributed by atoms with Gasteiger partial charge < -0.3 is 0 Å². The van der Waals surface area contributed by atoms with Crippen LogP contribution in [-0.2, 0) is 0 Å². The van der Waals surface area contributed by atoms with Gasteiger partial charge in [0.2, 0.25) is 0 Å². The smallest absolute Gasteiger partial charge is 0.0415 e. The maximum absolute atomic E-state index is 5.58. The first kappa shape index (κ1) is 7.46. The Morgan fingerprint density at radius 3 is 2.57 bits per heavy atom. The third kappa shape index (κ3) is 4.31. The summed E-state index contributed by atoms with van der Waals surface area (Å²) in [5, 5.41) is 0. The minimum Gasteiger partial charge on any atom is -0.131 e. The van der Waals surface area contributed by atoms with Crippen LogP contribution in [0.4, 0.5) is 0 Å². The van der Waals surface area contributed by atoms with Crippen LogP contribution in [0.3, 0.4) is 0 Å². The maximum atomic E-state index is 5.58. The second kappa shape index (κ2) is 4.62. The molecule has 0 nitrogen and oxygen atoms in total. The number of allylic oxidation sites excluding steroid dienone is 1. The molecule has 0 saturated heterocycles. The number of alkyl halides is 1. The summed E-state index contributed by atoms with van der Waals surface area (Å²) in [5.41, 5.74) is 0.943. The second-order valence-corrected chi connectivity index (χ2v) is 10.6. The first-order valence-electron chi connectivity index (χ1n) is 2.48. The van der Waals surface area contributed by atoms with E-state index in [-0.39, 0.29) is 0 Å². The summed E-state index contributed by atoms with van der Waals surface area (Å²) in [7, 11) is 0.940. The number of halogens is 1. The Labute approximate surface area is 54.4 Å². The Balaban J connectivity index is 2.98. The summed E-state index contributed by atoms with van der Waals surface area (Å²) in [5.74, 6) is 0. The molecule has 0 fully saturated rings. The quantitative estimate of drug-likeness (QED) is 0.303. The van der Waals surface area contributed by atoms with Crippen LogP contribution < -0.4 is 0 Å². The minimum absolute atomic E-state index is 0.395. The molecule has 0 aliphatic rings. The van der Waals surface area contributed by atoms with Crippen LogP contribution in [0.2, 0.25) is 6.04 Å². The molecule has 0 radical (unpaired) electrons. The minimum atomic E-state index is -0.395. The van der Waals surface area contributed by atoms with Gasteiger partial charge in [-0.1, -0.05) is 6.08 Å². The highest BCUT2D eigenvalue weighted by Gasteiger charge is 1.95. The van der Waals surface area contributed by atoms with E-state index in [0.717, 1.165) is 5.50 Å². The predicted molar refractivity (Wildman–Crippen MR) is 42.8 cm³/mol. The SMILES string of the molecule is C=CC[SiH]([SiH3])CCl. The van der Waals surface area contributed by atoms with Crippen LogP contribution in [0.1, 0.15) is 0 Å². The average molecular weight is 151 g/mol. The molecule has 0 aliphatic heterocycles. The van der Waals surface area contributed by atoms with Crippen LogP contribution in [-0.4, -0.2) is 23.6 Å². The normalized spacial score (nSPS) is 13.9. The Morgan fingerprint density at radius 1 is 1.86 bits per heavy atom. The van der Waals surface area contributed by atoms with Gasteiger partial charge in [-0.2, -0.15) is 0 Å². The summed E-state index contributed by atoms with van der Waals surface area (Å²) in [6.45, 7) is 3.65. The van der Waals surface area contributed by atoms with Gasteiger partial charge in [0, 0.05) is 13.8 Å². The van der Waals surface area contributed by atoms with E-state index in [4.69, 9.17) is 11.6 Å². The Morgan fingerprint density at radius 2 is 2.43 bits per heavy atom. The van der Waals surface area contributed by atoms with E-state index in [9.17, 15) is 0 Å². The standard InChI is InChI=1S/C4H11ClSi2/c1-2-3-7(6)4-5/h2,7H,1,3-4H2,6H3. The predicted octanol–water partition coefficient (Wildman–Crippen LogP) is 0.0396. The molecule has 0 N–H and O–H groups in total. The molecule has 0 saturated carbocycles. The van der Waals surface area contributed by atoms with Crippen LogP contribution in [0.15, 0.2) is 12.7 Å². The Bertz CT molecular complexity index is 55.7. The van der Waals surface area contributed by atoms with Crippen molar-refractivity contribution in [2.75, 3.05) is 5.50 Å². The van der Waals surface area contributed by atoms with Crippen LogP contribution in [0.25, 0.3) is 0 Å². The van der Waals surface area contributed by atoms with Crippen molar-refractivity contribution in [3.8, 4) is 0 Å². The van der Waals surface area contributed by atoms with Crippen LogP contribution >= 0.6 is 11.6 Å². The Hall–Kier alpha value is 0.464. The molecule has 0 aromatic rings. The molecule has 1 atom stereocenters. The molecule has 0 heterocycles. The zero-order valence-corrected chi connectivity index (χ0v) is 8.56. The van der Waals surface area contributed by atoms with Crippen LogP contribution in [0.5, 0.6) is 0 Å². The highest BCUT2D eigenvalue weighted by atomic mass is 35.5. The average Bonchev–Trinajstić information content (AvgIpc) is 1.68. The third-order valence-electron chi connectivity index (χ3n) is 0.832. The van der Waals surface area contributed by atoms with Crippen molar-refractivity contribution >= 4 is 29.7 Å². The van der Waals surface area contributed by atoms with Crippen molar-refractivity contribution in [3.05, 3.63) is 12.7 Å². The van der Waals surface area contributed by atoms with Gasteiger partial charge in [-0.05, 0) is 15.8 Å². The lowest BCUT2D eigenvalue weighted by molar-refractivity contribution is 1.68. The molecule has 1 unspecified atom stereocenters. The molecule has 0 aromatic carbocycles. The first-order valence-corrected chi connectivity index (χ1v) is 9.26. The van der Waals surface area contributed by atoms with Gasteiger partial charge in [0.1, 0.15) is 0 Å². The number of hydrogen-bond donors (Lipinski definition) is 0. The molecule has 3 heteroatoms. The summed E-state index contributed by atoms with van der Waals surface area (Å²) >= 11 is 5.58. The molecule has 7 heavy (non-hydrogen) atoms. The molecule has 0 amide bonds. The zero-order chi connectivity index (χ0) is 5.70. The molecule has 0 aromatic heterocycles. The maximum Gasteiger partial charge on any atom is 0.0415 e. The largest absolute Gasteiger partial charge is 0.131 e. The summed E-state index contributed by atoms with van der Waals surface area (Å²) in [4.78, 5) is 0. The molecule has 0 bridgehead atoms. The van der Waals surface area contributed by atoms with Crippen molar-refractivity contribution in [2.24, 2.45) is 0 Å². The van der Waals surface area contributed by atoms with E-state index in [1.807, 2.05) is 6.08 Å². The van der Waals surface area contributed by atoms with Gasteiger partial charge in [0.25, 0.3) is 0 Å². The summed E-state index contributed by atoms with van der Waals surface area (Å²) < 4.78 is 0. The van der Waals surface area contributed by atoms with Gasteiger partial charge in [-0.15, -0.1) is 18.2 Å². The van der Waals surface area contributed by atoms with Crippen molar-refractivity contribution in [2.45, 2.75) is 6.04 Å². The molecular formula is C4H11ClSi2. The lowest BCUT2D eigenvalue weighted by atomic mass is 10.8. The summed E-state index contributed by atoms with van der Waals surface area (Å²) in [6.07, 6.45) is 1.99. The Kier molecular flexibility index (Phi) is 4.92. The highest BCUT2D eigenvalue weighted by molar-refractivity contribution is 7.06. The van der Waals surface area contributed by atoms with E-state index in [0.29, 0.717) is 0 Å². The zero-order valence-electron chi connectivity index (χ0n) is 4.65. The fourth-order valence-corrected chi connectivity index (χ4v) is 2.42. The third-order valence-corrected chi connectivity index (χ3v) is 8.27. The topological polar surface area (TPSA) is 0 Å². The van der Waals surface area contributed by atoms with E-state index in [1.54, 1.807) is 0 Å². The van der Waals surface area contributed by atoms with Crippen molar-refractivity contribution in [3.63, 3.8) is 0 Å². The second-order valence-electron chi connectivity index (χ2n) is 1.78. The molecule has 0 rings (SSSR count). The molecule has 0 spiro atoms.